The second kappa shape index (κ2) is 29.4. The smallest absolute Gasteiger partial charge is 0.308 e. The third-order valence-electron chi connectivity index (χ3n) is 20.4. The summed E-state index contributed by atoms with van der Waals surface area (Å²) in [5.74, 6) is 3.03. The number of fused-ring (bicyclic) bond motifs is 1. The van der Waals surface area contributed by atoms with Crippen molar-refractivity contribution in [2.45, 2.75) is 190 Å². The molecule has 2 N–H and O–H groups in total. The number of aromatic nitrogens is 2. The van der Waals surface area contributed by atoms with Crippen molar-refractivity contribution in [1.82, 2.24) is 10.3 Å². The number of dihydropyridines is 1. The molecule has 3 aromatic carbocycles. The number of carbonyl (C=O) groups excluding carboxylic acids is 4. The summed E-state index contributed by atoms with van der Waals surface area (Å²) in [6.07, 6.45) is 22.4. The molecule has 454 valence electrons. The molecule has 3 heterocycles. The highest BCUT2D eigenvalue weighted by atomic mass is 16.5. The molecule has 2 fully saturated rings. The molecule has 2 saturated carbocycles. The monoisotopic (exact) mass is 1140 g/mol. The summed E-state index contributed by atoms with van der Waals surface area (Å²) in [6.45, 7) is 21.6. The second-order valence-corrected chi connectivity index (χ2v) is 26.5. The van der Waals surface area contributed by atoms with E-state index in [1.165, 1.54) is 48.0 Å². The first-order chi connectivity index (χ1) is 40.4. The van der Waals surface area contributed by atoms with Crippen LogP contribution < -0.4 is 14.6 Å². The molecular weight excluding hydrogens is 1040 g/mol. The number of carbonyl (C=O) groups is 4. The minimum absolute atomic E-state index is 0.00462. The molecule has 11 atom stereocenters. The number of ketones is 2. The zero-order chi connectivity index (χ0) is 60.4. The predicted octanol–water partition coefficient (Wildman–Crippen LogP) is 16.9. The molecule has 1 aromatic heterocycles. The molecule has 2 aliphatic heterocycles. The summed E-state index contributed by atoms with van der Waals surface area (Å²) in [7, 11) is 5.02. The van der Waals surface area contributed by atoms with Gasteiger partial charge in [0.15, 0.2) is 5.69 Å². The summed E-state index contributed by atoms with van der Waals surface area (Å²) >= 11 is 0. The Balaban J connectivity index is 1.08. The van der Waals surface area contributed by atoms with Crippen LogP contribution in [0.5, 0.6) is 5.75 Å². The Morgan fingerprint density at radius 1 is 0.833 bits per heavy atom. The molecule has 10 nitrogen and oxygen atoms in total. The van der Waals surface area contributed by atoms with Crippen molar-refractivity contribution in [2.75, 3.05) is 14.2 Å². The Morgan fingerprint density at radius 3 is 2.29 bits per heavy atom. The van der Waals surface area contributed by atoms with E-state index in [1.807, 2.05) is 13.8 Å². The Kier molecular flexibility index (Phi) is 22.4. The number of benzene rings is 3. The Bertz CT molecular complexity index is 3020. The van der Waals surface area contributed by atoms with Gasteiger partial charge in [0.25, 0.3) is 5.82 Å². The summed E-state index contributed by atoms with van der Waals surface area (Å²) in [4.78, 5) is 57.7. The van der Waals surface area contributed by atoms with Gasteiger partial charge >= 0.3 is 11.9 Å². The van der Waals surface area contributed by atoms with Crippen LogP contribution in [-0.2, 0) is 35.7 Å². The number of aryl methyl sites for hydroxylation is 2. The topological polar surface area (TPSA) is 128 Å². The molecule has 10 heteroatoms. The minimum atomic E-state index is -0.352. The second-order valence-electron chi connectivity index (χ2n) is 26.5. The number of Topliss-reactive ketones (excluding diaryl/α,β-unsaturated/α-hetero) is 2. The molecule has 0 bridgehead atoms. The number of allylic oxidation sites excluding steroid dienone is 3. The van der Waals surface area contributed by atoms with E-state index in [0.717, 1.165) is 136 Å². The molecule has 0 radical (unpaired) electrons. The highest BCUT2D eigenvalue weighted by molar-refractivity contribution is 5.89. The zero-order valence-electron chi connectivity index (χ0n) is 53.4. The summed E-state index contributed by atoms with van der Waals surface area (Å²) < 4.78 is 19.5. The van der Waals surface area contributed by atoms with Crippen LogP contribution in [0.15, 0.2) is 90.3 Å². The maximum atomic E-state index is 14.7. The summed E-state index contributed by atoms with van der Waals surface area (Å²) in [5.41, 5.74) is 13.0. The molecule has 11 unspecified atom stereocenters. The highest BCUT2D eigenvalue weighted by Crippen LogP contribution is 2.50. The number of hydrogen-bond acceptors (Lipinski definition) is 8. The van der Waals surface area contributed by atoms with Crippen molar-refractivity contribution in [3.05, 3.63) is 124 Å². The number of esters is 2. The molecule has 4 aromatic rings. The van der Waals surface area contributed by atoms with Crippen molar-refractivity contribution in [3.63, 3.8) is 0 Å². The van der Waals surface area contributed by atoms with Crippen molar-refractivity contribution < 1.29 is 38.0 Å². The van der Waals surface area contributed by atoms with Crippen LogP contribution >= 0.6 is 0 Å². The van der Waals surface area contributed by atoms with E-state index in [-0.39, 0.29) is 88.9 Å². The Morgan fingerprint density at radius 2 is 1.58 bits per heavy atom. The number of nitrogens with zero attached hydrogens (tertiary/aromatic N) is 1. The van der Waals surface area contributed by atoms with E-state index in [9.17, 15) is 19.2 Å². The molecule has 0 saturated heterocycles. The van der Waals surface area contributed by atoms with Gasteiger partial charge in [-0.2, -0.15) is 0 Å². The van der Waals surface area contributed by atoms with Crippen LogP contribution in [0.3, 0.4) is 0 Å². The van der Waals surface area contributed by atoms with Crippen molar-refractivity contribution >= 4 is 40.9 Å². The zero-order valence-corrected chi connectivity index (χ0v) is 53.4. The van der Waals surface area contributed by atoms with Gasteiger partial charge in [0.1, 0.15) is 29.6 Å². The van der Waals surface area contributed by atoms with Crippen molar-refractivity contribution in [2.24, 2.45) is 72.1 Å². The number of H-pyrrole nitrogens is 1. The number of hydrogen-bond donors (Lipinski definition) is 2. The van der Waals surface area contributed by atoms with E-state index in [2.05, 4.69) is 162 Å². The molecule has 0 spiro atoms. The molecule has 0 amide bonds. The Labute approximate surface area is 504 Å². The van der Waals surface area contributed by atoms with E-state index in [1.54, 1.807) is 0 Å². The maximum absolute atomic E-state index is 14.7. The van der Waals surface area contributed by atoms with Crippen LogP contribution in [0, 0.1) is 72.0 Å². The average molecular weight is 1150 g/mol. The number of rotatable bonds is 23. The normalized spacial score (nSPS) is 24.0. The van der Waals surface area contributed by atoms with E-state index < -0.39 is 0 Å². The number of methoxy groups -OCH3 is 2. The standard InChI is InChI=1S/C74H101N3O7/c1-14-51-36-38-64(75-70(51)56-29-24-25-48(8)62(40-56)71(80)59(45(3)4)30-22-23-32-68(79)82-12)55-35-37-61-63(58(15-2)72(84-67(61)43-55)52-26-18-16-19-27-52)41-57-39-54(34-33-47(57)7)65-44-77(11)73(76-65)60-31-21-17-20-28-53(60)42-66(78)69(46(5)6)49(9)50(10)74(81)83-13/h16,18-19,26-27,33-35,37-39,41,43-46,48-50,53,56,58-60,62,69,72,75H,14-15,17,20-25,28-32,36,40,42H2,1-13H3/p+1. The van der Waals surface area contributed by atoms with E-state index >= 15 is 0 Å². The fourth-order valence-corrected chi connectivity index (χ4v) is 15.2. The summed E-state index contributed by atoms with van der Waals surface area (Å²) in [5, 5.41) is 4.05. The number of ether oxygens (including phenoxy) is 3. The summed E-state index contributed by atoms with van der Waals surface area (Å²) in [6, 6.07) is 24.4. The SMILES string of the molecule is CCC1=C(C2CCCC(C)C(C(=O)C(CCCCC(=O)OC)C(C)C)C2)NC(c2ccc3c(c2)OC(c2ccccc2)C(CC)C3=Cc2cc(-c3c[n+](C)c(C4CCCCCC4CC(=O)C(C(C)C)C(C)C(C)C(=O)OC)[nH]3)ccc2C)=CC1. The van der Waals surface area contributed by atoms with Gasteiger partial charge in [-0.3, -0.25) is 19.2 Å². The van der Waals surface area contributed by atoms with Gasteiger partial charge < -0.3 is 19.5 Å². The lowest BCUT2D eigenvalue weighted by atomic mass is 9.72. The van der Waals surface area contributed by atoms with Gasteiger partial charge in [-0.1, -0.05) is 161 Å². The first kappa shape index (κ1) is 64.0. The van der Waals surface area contributed by atoms with Gasteiger partial charge in [-0.05, 0) is 147 Å². The fourth-order valence-electron chi connectivity index (χ4n) is 15.2. The largest absolute Gasteiger partial charge is 0.484 e. The molecular formula is C74H102N3O7+. The number of unbranched alkanes of at least 4 members (excludes halogenated alkanes) is 1. The lowest BCUT2D eigenvalue weighted by Gasteiger charge is -2.36. The fraction of sp³-hybridized carbons (Fsp3) is 0.581. The quantitative estimate of drug-likeness (QED) is 0.0325. The van der Waals surface area contributed by atoms with Gasteiger partial charge in [0, 0.05) is 64.6 Å². The van der Waals surface area contributed by atoms with Crippen LogP contribution in [-0.4, -0.2) is 42.7 Å². The lowest BCUT2D eigenvalue weighted by Crippen LogP contribution is -2.37. The van der Waals surface area contributed by atoms with Crippen molar-refractivity contribution in [3.8, 4) is 17.0 Å². The van der Waals surface area contributed by atoms with Crippen molar-refractivity contribution in [1.29, 1.82) is 0 Å². The van der Waals surface area contributed by atoms with Gasteiger partial charge in [0.2, 0.25) is 0 Å². The van der Waals surface area contributed by atoms with Crippen LogP contribution in [0.2, 0.25) is 0 Å². The first-order valence-electron chi connectivity index (χ1n) is 32.5. The third kappa shape index (κ3) is 14.8. The predicted molar refractivity (Wildman–Crippen MR) is 339 cm³/mol. The first-order valence-corrected chi connectivity index (χ1v) is 32.5. The lowest BCUT2D eigenvalue weighted by molar-refractivity contribution is -0.679. The van der Waals surface area contributed by atoms with Crippen LogP contribution in [0.4, 0.5) is 0 Å². The Hall–Kier alpha value is -6.03. The van der Waals surface area contributed by atoms with Gasteiger partial charge in [0.05, 0.1) is 33.1 Å². The van der Waals surface area contributed by atoms with Gasteiger partial charge in [-0.15, -0.1) is 0 Å². The number of aromatic amines is 1. The molecule has 84 heavy (non-hydrogen) atoms. The number of imidazole rings is 1. The van der Waals surface area contributed by atoms with Crippen LogP contribution in [0.25, 0.3) is 28.6 Å². The minimum Gasteiger partial charge on any atom is -0.484 e. The maximum Gasteiger partial charge on any atom is 0.308 e. The molecule has 8 rings (SSSR count). The van der Waals surface area contributed by atoms with E-state index in [4.69, 9.17) is 14.2 Å². The third-order valence-corrected chi connectivity index (χ3v) is 20.4. The number of nitrogens with one attached hydrogen (secondary N) is 2. The van der Waals surface area contributed by atoms with Crippen LogP contribution in [0.1, 0.15) is 217 Å². The molecule has 4 aliphatic rings. The van der Waals surface area contributed by atoms with Gasteiger partial charge in [-0.25, -0.2) is 9.55 Å². The highest BCUT2D eigenvalue weighted by Gasteiger charge is 2.41. The average Bonchev–Trinajstić information content (AvgIpc) is 2.20. The van der Waals surface area contributed by atoms with E-state index in [0.29, 0.717) is 24.5 Å². The molecule has 2 aliphatic carbocycles.